The molecule has 0 atom stereocenters. The maximum atomic E-state index is 11.9. The second kappa shape index (κ2) is 6.93. The summed E-state index contributed by atoms with van der Waals surface area (Å²) in [4.78, 5) is 20.8. The molecular weight excluding hydrogens is 334 g/mol. The molecule has 0 aliphatic carbocycles. The lowest BCUT2D eigenvalue weighted by atomic mass is 10.2. The van der Waals surface area contributed by atoms with Crippen LogP contribution in [-0.4, -0.2) is 15.5 Å². The molecule has 118 valence electrons. The van der Waals surface area contributed by atoms with Gasteiger partial charge in [0.2, 0.25) is 5.91 Å². The molecule has 0 aliphatic rings. The number of aryl methyl sites for hydroxylation is 2. The molecule has 1 amide bonds. The van der Waals surface area contributed by atoms with Gasteiger partial charge in [0.1, 0.15) is 0 Å². The number of hydrogen-bond acceptors (Lipinski definition) is 4. The molecule has 0 bridgehead atoms. The standard InChI is InChI=1S/C16H14ClN3O2S/c1-20-8-9-23-16(20)19-14(21)6-7-15-18-10-13(22-15)11-2-4-12(17)5-3-11/h2-5,8-10H,6-7H2,1H3. The highest BCUT2D eigenvalue weighted by Crippen LogP contribution is 2.22. The summed E-state index contributed by atoms with van der Waals surface area (Å²) in [5.41, 5.74) is 0.898. The van der Waals surface area contributed by atoms with Crippen LogP contribution >= 0.6 is 22.9 Å². The van der Waals surface area contributed by atoms with Crippen molar-refractivity contribution in [3.05, 3.63) is 57.8 Å². The number of benzene rings is 1. The molecule has 1 aromatic carbocycles. The van der Waals surface area contributed by atoms with E-state index < -0.39 is 0 Å². The van der Waals surface area contributed by atoms with Crippen molar-refractivity contribution in [2.45, 2.75) is 12.8 Å². The summed E-state index contributed by atoms with van der Waals surface area (Å²) in [6.07, 6.45) is 4.20. The van der Waals surface area contributed by atoms with Gasteiger partial charge in [-0.1, -0.05) is 11.6 Å². The molecule has 0 spiro atoms. The van der Waals surface area contributed by atoms with Gasteiger partial charge in [-0.25, -0.2) is 4.98 Å². The third-order valence-electron chi connectivity index (χ3n) is 3.22. The van der Waals surface area contributed by atoms with E-state index in [4.69, 9.17) is 16.0 Å². The molecule has 0 fully saturated rings. The van der Waals surface area contributed by atoms with Gasteiger partial charge in [0, 0.05) is 42.1 Å². The summed E-state index contributed by atoms with van der Waals surface area (Å²) < 4.78 is 7.48. The third kappa shape index (κ3) is 3.97. The molecule has 5 nitrogen and oxygen atoms in total. The van der Waals surface area contributed by atoms with Crippen LogP contribution < -0.4 is 4.80 Å². The molecule has 7 heteroatoms. The van der Waals surface area contributed by atoms with Gasteiger partial charge in [-0.05, 0) is 24.3 Å². The normalized spacial score (nSPS) is 11.8. The zero-order valence-electron chi connectivity index (χ0n) is 12.4. The topological polar surface area (TPSA) is 60.4 Å². The Balaban J connectivity index is 1.64. The Hall–Kier alpha value is -2.18. The second-order valence-corrected chi connectivity index (χ2v) is 6.24. The number of aromatic nitrogens is 2. The van der Waals surface area contributed by atoms with Gasteiger partial charge >= 0.3 is 0 Å². The number of rotatable bonds is 4. The molecule has 0 saturated heterocycles. The molecule has 3 rings (SSSR count). The van der Waals surface area contributed by atoms with Crippen molar-refractivity contribution in [1.29, 1.82) is 0 Å². The fourth-order valence-corrected chi connectivity index (χ4v) is 2.86. The van der Waals surface area contributed by atoms with E-state index in [9.17, 15) is 4.79 Å². The summed E-state index contributed by atoms with van der Waals surface area (Å²) in [5, 5.41) is 2.56. The van der Waals surface area contributed by atoms with Crippen molar-refractivity contribution in [3.63, 3.8) is 0 Å². The SMILES string of the molecule is Cn1ccsc1=NC(=O)CCc1ncc(-c2ccc(Cl)cc2)o1. The highest BCUT2D eigenvalue weighted by Gasteiger charge is 2.09. The van der Waals surface area contributed by atoms with Crippen molar-refractivity contribution >= 4 is 28.8 Å². The number of amides is 1. The van der Waals surface area contributed by atoms with Gasteiger partial charge in [-0.2, -0.15) is 4.99 Å². The van der Waals surface area contributed by atoms with Crippen LogP contribution in [0.1, 0.15) is 12.3 Å². The Morgan fingerprint density at radius 1 is 1.39 bits per heavy atom. The van der Waals surface area contributed by atoms with E-state index in [0.29, 0.717) is 27.9 Å². The lowest BCUT2D eigenvalue weighted by Gasteiger charge is -1.96. The minimum absolute atomic E-state index is 0.186. The molecule has 23 heavy (non-hydrogen) atoms. The molecule has 0 N–H and O–H groups in total. The molecule has 0 saturated carbocycles. The predicted octanol–water partition coefficient (Wildman–Crippen LogP) is 3.46. The van der Waals surface area contributed by atoms with Gasteiger partial charge in [0.15, 0.2) is 16.5 Å². The van der Waals surface area contributed by atoms with E-state index in [1.54, 1.807) is 18.3 Å². The van der Waals surface area contributed by atoms with E-state index >= 15 is 0 Å². The first-order valence-electron chi connectivity index (χ1n) is 7.00. The van der Waals surface area contributed by atoms with Crippen LogP contribution in [0.5, 0.6) is 0 Å². The van der Waals surface area contributed by atoms with Crippen molar-refractivity contribution in [3.8, 4) is 11.3 Å². The monoisotopic (exact) mass is 347 g/mol. The number of oxazole rings is 1. The number of hydrogen-bond donors (Lipinski definition) is 0. The quantitative estimate of drug-likeness (QED) is 0.726. The number of thiazole rings is 1. The second-order valence-electron chi connectivity index (χ2n) is 4.93. The first-order chi connectivity index (χ1) is 11.1. The highest BCUT2D eigenvalue weighted by molar-refractivity contribution is 7.07. The van der Waals surface area contributed by atoms with Crippen molar-refractivity contribution < 1.29 is 9.21 Å². The average molecular weight is 348 g/mol. The third-order valence-corrected chi connectivity index (χ3v) is 4.31. The van der Waals surface area contributed by atoms with Crippen molar-refractivity contribution in [1.82, 2.24) is 9.55 Å². The Morgan fingerprint density at radius 3 is 2.87 bits per heavy atom. The summed E-state index contributed by atoms with van der Waals surface area (Å²) >= 11 is 7.29. The van der Waals surface area contributed by atoms with Crippen LogP contribution in [0, 0.1) is 0 Å². The first kappa shape index (κ1) is 15.7. The van der Waals surface area contributed by atoms with Crippen molar-refractivity contribution in [2.24, 2.45) is 12.0 Å². The van der Waals surface area contributed by atoms with E-state index in [1.807, 2.05) is 35.3 Å². The lowest BCUT2D eigenvalue weighted by Crippen LogP contribution is -2.12. The molecule has 2 heterocycles. The zero-order chi connectivity index (χ0) is 16.2. The van der Waals surface area contributed by atoms with Gasteiger partial charge in [-0.15, -0.1) is 11.3 Å². The predicted molar refractivity (Wildman–Crippen MR) is 89.1 cm³/mol. The average Bonchev–Trinajstić information content (AvgIpc) is 3.16. The van der Waals surface area contributed by atoms with E-state index in [1.165, 1.54) is 11.3 Å². The molecule has 0 radical (unpaired) electrons. The minimum atomic E-state index is -0.186. The summed E-state index contributed by atoms with van der Waals surface area (Å²) in [6.45, 7) is 0. The van der Waals surface area contributed by atoms with Gasteiger partial charge in [0.05, 0.1) is 6.20 Å². The Kier molecular flexibility index (Phi) is 4.73. The molecule has 0 aliphatic heterocycles. The minimum Gasteiger partial charge on any atom is -0.441 e. The summed E-state index contributed by atoms with van der Waals surface area (Å²) in [5.74, 6) is 0.994. The number of carbonyl (C=O) groups excluding carboxylic acids is 1. The van der Waals surface area contributed by atoms with Gasteiger partial charge in [0.25, 0.3) is 0 Å². The number of nitrogens with zero attached hydrogens (tertiary/aromatic N) is 3. The van der Waals surface area contributed by atoms with Crippen LogP contribution in [0.2, 0.25) is 5.02 Å². The number of halogens is 1. The van der Waals surface area contributed by atoms with E-state index in [2.05, 4.69) is 9.98 Å². The Bertz CT molecular complexity index is 877. The number of carbonyl (C=O) groups is 1. The van der Waals surface area contributed by atoms with Crippen LogP contribution in [0.15, 0.2) is 51.4 Å². The fourth-order valence-electron chi connectivity index (χ4n) is 1.98. The highest BCUT2D eigenvalue weighted by atomic mass is 35.5. The molecule has 2 aromatic heterocycles. The summed E-state index contributed by atoms with van der Waals surface area (Å²) in [6, 6.07) is 7.32. The Morgan fingerprint density at radius 2 is 2.17 bits per heavy atom. The van der Waals surface area contributed by atoms with E-state index in [-0.39, 0.29) is 12.3 Å². The van der Waals surface area contributed by atoms with Crippen LogP contribution in [0.3, 0.4) is 0 Å². The smallest absolute Gasteiger partial charge is 0.248 e. The first-order valence-corrected chi connectivity index (χ1v) is 8.26. The maximum absolute atomic E-state index is 11.9. The van der Waals surface area contributed by atoms with Gasteiger partial charge in [-0.3, -0.25) is 4.79 Å². The lowest BCUT2D eigenvalue weighted by molar-refractivity contribution is -0.118. The zero-order valence-corrected chi connectivity index (χ0v) is 14.0. The largest absolute Gasteiger partial charge is 0.441 e. The molecular formula is C16H14ClN3O2S. The van der Waals surface area contributed by atoms with Crippen LogP contribution in [-0.2, 0) is 18.3 Å². The Labute approximate surface area is 141 Å². The van der Waals surface area contributed by atoms with E-state index in [0.717, 1.165) is 5.56 Å². The molecule has 0 unspecified atom stereocenters. The van der Waals surface area contributed by atoms with Crippen LogP contribution in [0.4, 0.5) is 0 Å². The molecule has 3 aromatic rings. The van der Waals surface area contributed by atoms with Crippen molar-refractivity contribution in [2.75, 3.05) is 0 Å². The fraction of sp³-hybridized carbons (Fsp3) is 0.188. The van der Waals surface area contributed by atoms with Crippen LogP contribution in [0.25, 0.3) is 11.3 Å². The van der Waals surface area contributed by atoms with Gasteiger partial charge < -0.3 is 8.98 Å². The summed E-state index contributed by atoms with van der Waals surface area (Å²) in [7, 11) is 1.86. The maximum Gasteiger partial charge on any atom is 0.248 e.